The summed E-state index contributed by atoms with van der Waals surface area (Å²) in [4.78, 5) is 23.1. The molecule has 0 bridgehead atoms. The number of carbonyl (C=O) groups is 2. The molecule has 5 N–H and O–H groups in total. The van der Waals surface area contributed by atoms with Gasteiger partial charge in [0.2, 0.25) is 5.91 Å². The van der Waals surface area contributed by atoms with Crippen LogP contribution >= 0.6 is 12.2 Å². The highest BCUT2D eigenvalue weighted by molar-refractivity contribution is 7.80. The lowest BCUT2D eigenvalue weighted by molar-refractivity contribution is -0.275. The van der Waals surface area contributed by atoms with E-state index < -0.39 is 23.8 Å². The van der Waals surface area contributed by atoms with Crippen molar-refractivity contribution in [3.63, 3.8) is 0 Å². The number of ether oxygens (including phenoxy) is 1. The number of unbranched alkanes of at least 4 members (excludes halogenated alkanes) is 3. The summed E-state index contributed by atoms with van der Waals surface area (Å²) in [6.45, 7) is 0.475. The molecular formula is C22H24F4N4O4S. The van der Waals surface area contributed by atoms with Crippen molar-refractivity contribution < 1.29 is 37.1 Å². The van der Waals surface area contributed by atoms with Crippen LogP contribution in [0, 0.1) is 5.82 Å². The molecule has 0 saturated carbocycles. The van der Waals surface area contributed by atoms with Gasteiger partial charge in [-0.05, 0) is 61.5 Å². The highest BCUT2D eigenvalue weighted by Crippen LogP contribution is 2.27. The van der Waals surface area contributed by atoms with Gasteiger partial charge >= 0.3 is 6.36 Å². The summed E-state index contributed by atoms with van der Waals surface area (Å²) in [6.07, 6.45) is -1.72. The Morgan fingerprint density at radius 1 is 0.943 bits per heavy atom. The first kappa shape index (κ1) is 27.8. The Morgan fingerprint density at radius 2 is 1.57 bits per heavy atom. The molecule has 0 aromatic heterocycles. The second-order valence-electron chi connectivity index (χ2n) is 7.30. The molecule has 0 radical (unpaired) electrons. The molecule has 13 heteroatoms. The second-order valence-corrected chi connectivity index (χ2v) is 7.71. The van der Waals surface area contributed by atoms with Gasteiger partial charge in [0.05, 0.1) is 0 Å². The lowest BCUT2D eigenvalue weighted by Crippen LogP contribution is -2.24. The fourth-order valence-corrected chi connectivity index (χ4v) is 3.14. The van der Waals surface area contributed by atoms with Crippen molar-refractivity contribution in [2.75, 3.05) is 17.2 Å². The van der Waals surface area contributed by atoms with E-state index in [1.54, 1.807) is 29.7 Å². The molecule has 0 saturated heterocycles. The molecule has 0 spiro atoms. The van der Waals surface area contributed by atoms with E-state index in [9.17, 15) is 27.2 Å². The van der Waals surface area contributed by atoms with E-state index in [4.69, 9.17) is 17.4 Å². The van der Waals surface area contributed by atoms with E-state index in [2.05, 4.69) is 20.7 Å². The van der Waals surface area contributed by atoms with Gasteiger partial charge in [0, 0.05) is 36.0 Å². The van der Waals surface area contributed by atoms with Crippen molar-refractivity contribution in [2.45, 2.75) is 38.5 Å². The first-order valence-corrected chi connectivity index (χ1v) is 10.9. The smallest absolute Gasteiger partial charge is 0.403 e. The molecule has 0 aliphatic heterocycles. The third-order valence-corrected chi connectivity index (χ3v) is 4.77. The Balaban J connectivity index is 1.75. The molecule has 0 atom stereocenters. The van der Waals surface area contributed by atoms with Gasteiger partial charge in [0.1, 0.15) is 0 Å². The van der Waals surface area contributed by atoms with E-state index >= 15 is 0 Å². The summed E-state index contributed by atoms with van der Waals surface area (Å²) in [5.41, 5.74) is 2.65. The van der Waals surface area contributed by atoms with Crippen molar-refractivity contribution in [3.05, 3.63) is 53.8 Å². The van der Waals surface area contributed by atoms with Crippen molar-refractivity contribution >= 4 is 40.5 Å². The number of anilines is 2. The standard InChI is InChI=1S/C22H24F4N4O4S/c23-17-13-16(10-11-18(17)34-22(24,25)26)29-21(35)28-15-8-6-14(7-9-15)20(32)27-12-4-2-1-3-5-19(31)30-33/h6-11,13,33H,1-5,12H2,(H,27,32)(H,30,31)(H2,28,29,35). The van der Waals surface area contributed by atoms with E-state index in [1.807, 2.05) is 0 Å². The molecule has 8 nitrogen and oxygen atoms in total. The van der Waals surface area contributed by atoms with Crippen molar-refractivity contribution in [3.8, 4) is 5.75 Å². The zero-order valence-electron chi connectivity index (χ0n) is 18.4. The molecule has 0 fully saturated rings. The van der Waals surface area contributed by atoms with Crippen LogP contribution in [0.3, 0.4) is 0 Å². The Labute approximate surface area is 204 Å². The molecule has 0 unspecified atom stereocenters. The van der Waals surface area contributed by atoms with Crippen molar-refractivity contribution in [1.29, 1.82) is 0 Å². The maximum atomic E-state index is 13.8. The molecule has 2 rings (SSSR count). The lowest BCUT2D eigenvalue weighted by atomic mass is 10.1. The normalized spacial score (nSPS) is 10.9. The second kappa shape index (κ2) is 13.4. The van der Waals surface area contributed by atoms with Crippen LogP contribution in [0.4, 0.5) is 28.9 Å². The van der Waals surface area contributed by atoms with Gasteiger partial charge < -0.3 is 20.7 Å². The minimum Gasteiger partial charge on any atom is -0.403 e. The van der Waals surface area contributed by atoms with Crippen LogP contribution in [-0.4, -0.2) is 35.0 Å². The number of hydrogen-bond acceptors (Lipinski definition) is 5. The highest BCUT2D eigenvalue weighted by Gasteiger charge is 2.32. The Hall–Kier alpha value is -3.45. The summed E-state index contributed by atoms with van der Waals surface area (Å²) in [5, 5.41) is 16.7. The summed E-state index contributed by atoms with van der Waals surface area (Å²) in [7, 11) is 0. The van der Waals surface area contributed by atoms with Crippen molar-refractivity contribution in [1.82, 2.24) is 10.8 Å². The lowest BCUT2D eigenvalue weighted by Gasteiger charge is -2.13. The largest absolute Gasteiger partial charge is 0.573 e. The number of halogens is 4. The minimum atomic E-state index is -5.00. The van der Waals surface area contributed by atoms with Crippen LogP contribution in [0.1, 0.15) is 42.5 Å². The fraction of sp³-hybridized carbons (Fsp3) is 0.318. The Kier molecular flexibility index (Phi) is 10.7. The van der Waals surface area contributed by atoms with Gasteiger partial charge in [-0.15, -0.1) is 13.2 Å². The Morgan fingerprint density at radius 3 is 2.20 bits per heavy atom. The molecule has 2 aromatic carbocycles. The molecular weight excluding hydrogens is 492 g/mol. The minimum absolute atomic E-state index is 0.0579. The number of alkyl halides is 3. The number of hydroxylamine groups is 1. The number of amides is 2. The number of nitrogens with one attached hydrogen (secondary N) is 4. The van der Waals surface area contributed by atoms with E-state index in [0.29, 0.717) is 24.2 Å². The third kappa shape index (κ3) is 10.6. The van der Waals surface area contributed by atoms with Crippen molar-refractivity contribution in [2.24, 2.45) is 0 Å². The zero-order chi connectivity index (χ0) is 25.8. The molecule has 0 heterocycles. The van der Waals surface area contributed by atoms with Gasteiger partial charge in [-0.25, -0.2) is 9.87 Å². The quantitative estimate of drug-likeness (QED) is 0.0966. The summed E-state index contributed by atoms with van der Waals surface area (Å²) >= 11 is 5.12. The number of benzene rings is 2. The van der Waals surface area contributed by atoms with Crippen LogP contribution in [0.15, 0.2) is 42.5 Å². The SMILES string of the molecule is O=C(CCCCCCNC(=O)c1ccc(NC(=S)Nc2ccc(OC(F)(F)F)c(F)c2)cc1)NO. The van der Waals surface area contributed by atoms with Crippen LogP contribution in [0.5, 0.6) is 5.75 Å². The predicted molar refractivity (Wildman–Crippen MR) is 125 cm³/mol. The van der Waals surface area contributed by atoms with E-state index in [-0.39, 0.29) is 23.1 Å². The molecule has 2 aromatic rings. The number of carbonyl (C=O) groups excluding carboxylic acids is 2. The third-order valence-electron chi connectivity index (χ3n) is 4.56. The Bertz CT molecular complexity index is 1020. The summed E-state index contributed by atoms with van der Waals surface area (Å²) in [6, 6.07) is 9.20. The van der Waals surface area contributed by atoms with Gasteiger partial charge in [0.25, 0.3) is 5.91 Å². The van der Waals surface area contributed by atoms with Gasteiger partial charge in [-0.3, -0.25) is 14.8 Å². The molecule has 2 amide bonds. The average molecular weight is 517 g/mol. The van der Waals surface area contributed by atoms with Crippen LogP contribution in [0.25, 0.3) is 0 Å². The topological polar surface area (TPSA) is 112 Å². The molecule has 0 aliphatic rings. The first-order chi connectivity index (χ1) is 16.6. The zero-order valence-corrected chi connectivity index (χ0v) is 19.2. The van der Waals surface area contributed by atoms with Gasteiger partial charge in [0.15, 0.2) is 16.7 Å². The van der Waals surface area contributed by atoms with Crippen LogP contribution in [0.2, 0.25) is 0 Å². The molecule has 35 heavy (non-hydrogen) atoms. The number of thiocarbonyl (C=S) groups is 1. The van der Waals surface area contributed by atoms with Crippen LogP contribution in [-0.2, 0) is 4.79 Å². The monoisotopic (exact) mass is 516 g/mol. The number of hydrogen-bond donors (Lipinski definition) is 5. The molecule has 190 valence electrons. The maximum Gasteiger partial charge on any atom is 0.573 e. The summed E-state index contributed by atoms with van der Waals surface area (Å²) in [5.74, 6) is -2.84. The molecule has 0 aliphatic carbocycles. The van der Waals surface area contributed by atoms with Gasteiger partial charge in [-0.2, -0.15) is 0 Å². The van der Waals surface area contributed by atoms with Gasteiger partial charge in [-0.1, -0.05) is 12.8 Å². The summed E-state index contributed by atoms with van der Waals surface area (Å²) < 4.78 is 54.0. The fourth-order valence-electron chi connectivity index (χ4n) is 2.91. The van der Waals surface area contributed by atoms with E-state index in [0.717, 1.165) is 31.4 Å². The average Bonchev–Trinajstić information content (AvgIpc) is 2.79. The predicted octanol–water partition coefficient (Wildman–Crippen LogP) is 4.72. The highest BCUT2D eigenvalue weighted by atomic mass is 32.1. The first-order valence-electron chi connectivity index (χ1n) is 10.5. The van der Waals surface area contributed by atoms with Crippen LogP contribution < -0.4 is 26.2 Å². The number of rotatable bonds is 11. The van der Waals surface area contributed by atoms with E-state index in [1.165, 1.54) is 6.07 Å². The maximum absolute atomic E-state index is 13.8.